The van der Waals surface area contributed by atoms with Crippen molar-refractivity contribution in [2.24, 2.45) is 0 Å². The Balaban J connectivity index is 2.77. The molecule has 0 unspecified atom stereocenters. The Morgan fingerprint density at radius 2 is 2.18 bits per heavy atom. The van der Waals surface area contributed by atoms with Crippen LogP contribution in [0.4, 0.5) is 11.4 Å². The minimum atomic E-state index is 0.00738. The van der Waals surface area contributed by atoms with Crippen LogP contribution in [-0.4, -0.2) is 33.0 Å². The van der Waals surface area contributed by atoms with Crippen molar-refractivity contribution in [3.63, 3.8) is 0 Å². The minimum Gasteiger partial charge on any atom is -0.398 e. The third-order valence-electron chi connectivity index (χ3n) is 2.78. The first-order chi connectivity index (χ1) is 8.06. The molecule has 1 rings (SSSR count). The summed E-state index contributed by atoms with van der Waals surface area (Å²) in [6, 6.07) is 5.60. The van der Waals surface area contributed by atoms with E-state index in [9.17, 15) is 4.79 Å². The quantitative estimate of drug-likeness (QED) is 0.446. The Morgan fingerprint density at radius 3 is 2.76 bits per heavy atom. The Labute approximate surface area is 103 Å². The molecule has 1 aromatic carbocycles. The fourth-order valence-electron chi connectivity index (χ4n) is 1.71. The van der Waals surface area contributed by atoms with E-state index in [1.807, 2.05) is 26.2 Å². The van der Waals surface area contributed by atoms with Crippen LogP contribution in [0.5, 0.6) is 0 Å². The first-order valence-electron chi connectivity index (χ1n) is 5.82. The molecule has 4 nitrogen and oxygen atoms in total. The number of carbonyl (C=O) groups excluding carboxylic acids is 1. The third kappa shape index (κ3) is 3.75. The number of nitrogens with zero attached hydrogens (tertiary/aromatic N) is 1. The summed E-state index contributed by atoms with van der Waals surface area (Å²) >= 11 is 0. The molecule has 17 heavy (non-hydrogen) atoms. The predicted molar refractivity (Wildman–Crippen MR) is 72.7 cm³/mol. The second kappa shape index (κ2) is 6.25. The SMILES string of the molecule is CNCCCN(C)c1ccc(N)c(C(C)=O)c1. The molecule has 0 aliphatic heterocycles. The van der Waals surface area contributed by atoms with E-state index in [0.717, 1.165) is 25.2 Å². The molecule has 4 heteroatoms. The zero-order valence-electron chi connectivity index (χ0n) is 10.8. The number of rotatable bonds is 6. The molecule has 1 aromatic rings. The number of nitrogens with two attached hydrogens (primary N) is 1. The molecule has 0 spiro atoms. The maximum Gasteiger partial charge on any atom is 0.161 e. The van der Waals surface area contributed by atoms with Crippen LogP contribution < -0.4 is 16.0 Å². The number of nitrogen functional groups attached to an aromatic ring is 1. The number of anilines is 2. The summed E-state index contributed by atoms with van der Waals surface area (Å²) in [4.78, 5) is 13.5. The van der Waals surface area contributed by atoms with Crippen molar-refractivity contribution in [2.75, 3.05) is 37.8 Å². The van der Waals surface area contributed by atoms with Crippen LogP contribution in [0.15, 0.2) is 18.2 Å². The molecule has 0 aromatic heterocycles. The van der Waals surface area contributed by atoms with E-state index in [2.05, 4.69) is 10.2 Å². The highest BCUT2D eigenvalue weighted by molar-refractivity contribution is 6.00. The molecule has 94 valence electrons. The number of Topliss-reactive ketones (excluding diaryl/α,β-unsaturated/α-hetero) is 1. The Morgan fingerprint density at radius 1 is 1.47 bits per heavy atom. The summed E-state index contributed by atoms with van der Waals surface area (Å²) < 4.78 is 0. The Hall–Kier alpha value is -1.55. The highest BCUT2D eigenvalue weighted by Gasteiger charge is 2.08. The smallest absolute Gasteiger partial charge is 0.161 e. The summed E-state index contributed by atoms with van der Waals surface area (Å²) in [5.74, 6) is 0.00738. The van der Waals surface area contributed by atoms with Gasteiger partial charge in [0.2, 0.25) is 0 Å². The maximum atomic E-state index is 11.4. The van der Waals surface area contributed by atoms with Gasteiger partial charge in [0, 0.05) is 30.5 Å². The first kappa shape index (κ1) is 13.5. The van der Waals surface area contributed by atoms with Crippen molar-refractivity contribution in [3.8, 4) is 0 Å². The van der Waals surface area contributed by atoms with Crippen molar-refractivity contribution >= 4 is 17.2 Å². The van der Waals surface area contributed by atoms with Crippen LogP contribution in [0.2, 0.25) is 0 Å². The molecule has 0 bridgehead atoms. The molecular weight excluding hydrogens is 214 g/mol. The highest BCUT2D eigenvalue weighted by Crippen LogP contribution is 2.21. The van der Waals surface area contributed by atoms with E-state index >= 15 is 0 Å². The Kier molecular flexibility index (Phi) is 4.97. The molecular formula is C13H21N3O. The van der Waals surface area contributed by atoms with E-state index in [1.54, 1.807) is 6.07 Å². The number of carbonyl (C=O) groups is 1. The van der Waals surface area contributed by atoms with E-state index in [1.165, 1.54) is 6.92 Å². The summed E-state index contributed by atoms with van der Waals surface area (Å²) in [6.07, 6.45) is 1.06. The number of nitrogens with one attached hydrogen (secondary N) is 1. The molecule has 0 amide bonds. The van der Waals surface area contributed by atoms with Gasteiger partial charge in [0.05, 0.1) is 0 Å². The van der Waals surface area contributed by atoms with Gasteiger partial charge in [0.1, 0.15) is 0 Å². The van der Waals surface area contributed by atoms with Gasteiger partial charge in [0.25, 0.3) is 0 Å². The van der Waals surface area contributed by atoms with Crippen LogP contribution in [0.3, 0.4) is 0 Å². The van der Waals surface area contributed by atoms with Gasteiger partial charge in [0.15, 0.2) is 5.78 Å². The molecule has 0 saturated heterocycles. The number of hydrogen-bond donors (Lipinski definition) is 2. The van der Waals surface area contributed by atoms with Crippen molar-refractivity contribution in [1.82, 2.24) is 5.32 Å². The summed E-state index contributed by atoms with van der Waals surface area (Å²) in [7, 11) is 3.96. The second-order valence-electron chi connectivity index (χ2n) is 4.21. The molecule has 0 atom stereocenters. The van der Waals surface area contributed by atoms with Crippen LogP contribution in [0.1, 0.15) is 23.7 Å². The zero-order valence-corrected chi connectivity index (χ0v) is 10.8. The molecule has 3 N–H and O–H groups in total. The lowest BCUT2D eigenvalue weighted by atomic mass is 10.1. The van der Waals surface area contributed by atoms with E-state index < -0.39 is 0 Å². The molecule has 0 fully saturated rings. The first-order valence-corrected chi connectivity index (χ1v) is 5.82. The number of hydrogen-bond acceptors (Lipinski definition) is 4. The third-order valence-corrected chi connectivity index (χ3v) is 2.78. The van der Waals surface area contributed by atoms with Gasteiger partial charge < -0.3 is 16.0 Å². The van der Waals surface area contributed by atoms with Crippen molar-refractivity contribution < 1.29 is 4.79 Å². The van der Waals surface area contributed by atoms with E-state index in [4.69, 9.17) is 5.73 Å². The lowest BCUT2D eigenvalue weighted by molar-refractivity contribution is 0.101. The largest absolute Gasteiger partial charge is 0.398 e. The average molecular weight is 235 g/mol. The zero-order chi connectivity index (χ0) is 12.8. The average Bonchev–Trinajstić information content (AvgIpc) is 2.29. The van der Waals surface area contributed by atoms with Gasteiger partial charge in [-0.1, -0.05) is 0 Å². The summed E-state index contributed by atoms with van der Waals surface area (Å²) in [5, 5.41) is 3.11. The summed E-state index contributed by atoms with van der Waals surface area (Å²) in [5.41, 5.74) is 7.94. The van der Waals surface area contributed by atoms with Gasteiger partial charge in [-0.2, -0.15) is 0 Å². The van der Waals surface area contributed by atoms with Crippen LogP contribution >= 0.6 is 0 Å². The minimum absolute atomic E-state index is 0.00738. The molecule has 0 heterocycles. The standard InChI is InChI=1S/C13H21N3O/c1-10(17)12-9-11(5-6-13(12)14)16(3)8-4-7-15-2/h5-6,9,15H,4,7-8,14H2,1-3H3. The van der Waals surface area contributed by atoms with E-state index in [0.29, 0.717) is 11.3 Å². The normalized spacial score (nSPS) is 10.3. The molecule has 0 radical (unpaired) electrons. The van der Waals surface area contributed by atoms with Crippen molar-refractivity contribution in [1.29, 1.82) is 0 Å². The van der Waals surface area contributed by atoms with Gasteiger partial charge in [-0.05, 0) is 45.1 Å². The summed E-state index contributed by atoms with van der Waals surface area (Å²) in [6.45, 7) is 3.47. The van der Waals surface area contributed by atoms with E-state index in [-0.39, 0.29) is 5.78 Å². The van der Waals surface area contributed by atoms with Crippen molar-refractivity contribution in [2.45, 2.75) is 13.3 Å². The van der Waals surface area contributed by atoms with Gasteiger partial charge in [-0.3, -0.25) is 4.79 Å². The van der Waals surface area contributed by atoms with Crippen molar-refractivity contribution in [3.05, 3.63) is 23.8 Å². The van der Waals surface area contributed by atoms with Gasteiger partial charge in [-0.15, -0.1) is 0 Å². The fourth-order valence-corrected chi connectivity index (χ4v) is 1.71. The number of ketones is 1. The Bertz CT molecular complexity index is 390. The van der Waals surface area contributed by atoms with Crippen LogP contribution in [0, 0.1) is 0 Å². The lowest BCUT2D eigenvalue weighted by Crippen LogP contribution is -2.22. The van der Waals surface area contributed by atoms with Gasteiger partial charge >= 0.3 is 0 Å². The monoisotopic (exact) mass is 235 g/mol. The van der Waals surface area contributed by atoms with Crippen LogP contribution in [0.25, 0.3) is 0 Å². The molecule has 0 aliphatic carbocycles. The predicted octanol–water partition coefficient (Wildman–Crippen LogP) is 1.52. The lowest BCUT2D eigenvalue weighted by Gasteiger charge is -2.20. The van der Waals surface area contributed by atoms with Crippen LogP contribution in [-0.2, 0) is 0 Å². The maximum absolute atomic E-state index is 11.4. The number of benzene rings is 1. The van der Waals surface area contributed by atoms with Gasteiger partial charge in [-0.25, -0.2) is 0 Å². The molecule has 0 aliphatic rings. The fraction of sp³-hybridized carbons (Fsp3) is 0.462. The molecule has 0 saturated carbocycles. The highest BCUT2D eigenvalue weighted by atomic mass is 16.1. The second-order valence-corrected chi connectivity index (χ2v) is 4.21. The topological polar surface area (TPSA) is 58.4 Å².